The molecule has 0 unspecified atom stereocenters. The molecule has 0 aromatic heterocycles. The van der Waals surface area contributed by atoms with Crippen molar-refractivity contribution in [2.75, 3.05) is 0 Å². The van der Waals surface area contributed by atoms with E-state index in [0.29, 0.717) is 6.08 Å². The highest BCUT2D eigenvalue weighted by Gasteiger charge is 2.37. The fourth-order valence-corrected chi connectivity index (χ4v) is 0.488. The van der Waals surface area contributed by atoms with Crippen molar-refractivity contribution in [3.8, 4) is 6.07 Å². The van der Waals surface area contributed by atoms with Gasteiger partial charge in [0, 0.05) is 6.08 Å². The summed E-state index contributed by atoms with van der Waals surface area (Å²) in [6.45, 7) is 0. The topological polar surface area (TPSA) is 50.2 Å². The van der Waals surface area contributed by atoms with Gasteiger partial charge in [0.2, 0.25) is 0 Å². The van der Waals surface area contributed by atoms with Crippen LogP contribution in [-0.2, 0) is 0 Å². The molecule has 0 aliphatic carbocycles. The van der Waals surface area contributed by atoms with Gasteiger partial charge in [-0.1, -0.05) is 0 Å². The van der Waals surface area contributed by atoms with E-state index < -0.39 is 11.9 Å². The summed E-state index contributed by atoms with van der Waals surface area (Å²) in [7, 11) is 0. The molecule has 1 heterocycles. The third-order valence-electron chi connectivity index (χ3n) is 0.944. The van der Waals surface area contributed by atoms with Gasteiger partial charge in [-0.05, 0) is 0 Å². The van der Waals surface area contributed by atoms with Crippen LogP contribution in [0, 0.1) is 11.3 Å². The number of nitriles is 1. The Balaban J connectivity index is 2.79. The van der Waals surface area contributed by atoms with Crippen LogP contribution in [0.15, 0.2) is 16.9 Å². The maximum atomic E-state index is 11.7. The van der Waals surface area contributed by atoms with Crippen LogP contribution in [0.3, 0.4) is 0 Å². The lowest BCUT2D eigenvalue weighted by Gasteiger charge is -2.02. The number of allylic oxidation sites excluding steroid dienone is 2. The molecule has 1 radical (unpaired) electrons. The van der Waals surface area contributed by atoms with Crippen LogP contribution >= 0.6 is 0 Å². The average Bonchev–Trinajstić information content (AvgIpc) is 2.32. The van der Waals surface area contributed by atoms with Gasteiger partial charge in [-0.3, -0.25) is 0 Å². The number of rotatable bonds is 0. The monoisotopic (exact) mass is 160 g/mol. The Morgan fingerprint density at radius 1 is 1.45 bits per heavy atom. The average molecular weight is 160 g/mol. The summed E-state index contributed by atoms with van der Waals surface area (Å²) in [5, 5.41) is 11.1. The molecule has 0 saturated carbocycles. The molecule has 0 atom stereocenters. The van der Waals surface area contributed by atoms with Gasteiger partial charge >= 0.3 is 6.18 Å². The van der Waals surface area contributed by atoms with Crippen molar-refractivity contribution in [2.24, 2.45) is 5.10 Å². The van der Waals surface area contributed by atoms with Gasteiger partial charge in [-0.15, -0.1) is 10.5 Å². The number of halogens is 3. The van der Waals surface area contributed by atoms with Crippen LogP contribution in [0.2, 0.25) is 0 Å². The van der Waals surface area contributed by atoms with Crippen LogP contribution in [0.25, 0.3) is 0 Å². The molecule has 0 spiro atoms. The maximum absolute atomic E-state index is 11.7. The number of hydrogen-bond donors (Lipinski definition) is 0. The Hall–Kier alpha value is -1.51. The second-order valence-corrected chi connectivity index (χ2v) is 1.72. The summed E-state index contributed by atoms with van der Waals surface area (Å²) in [6.07, 6.45) is -3.91. The maximum Gasteiger partial charge on any atom is 0.435 e. The van der Waals surface area contributed by atoms with E-state index in [2.05, 4.69) is 10.5 Å². The summed E-state index contributed by atoms with van der Waals surface area (Å²) in [5.41, 5.74) is 1.31. The van der Waals surface area contributed by atoms with E-state index in [1.807, 2.05) is 0 Å². The first-order valence-electron chi connectivity index (χ1n) is 2.52. The zero-order valence-corrected chi connectivity index (χ0v) is 5.05. The Morgan fingerprint density at radius 2 is 2.09 bits per heavy atom. The molecule has 0 amide bonds. The lowest BCUT2D eigenvalue weighted by molar-refractivity contribution is -0.0964. The van der Waals surface area contributed by atoms with Gasteiger partial charge in [0.25, 0.3) is 0 Å². The second kappa shape index (κ2) is 2.27. The third kappa shape index (κ3) is 1.49. The van der Waals surface area contributed by atoms with Gasteiger partial charge in [0.15, 0.2) is 11.4 Å². The number of nitrogens with zero attached hydrogens (tertiary/aromatic N) is 3. The minimum Gasteiger partial charge on any atom is -0.191 e. The normalized spacial score (nSPS) is 16.5. The lowest BCUT2D eigenvalue weighted by Crippen LogP contribution is -2.15. The van der Waals surface area contributed by atoms with E-state index in [1.165, 1.54) is 6.07 Å². The summed E-state index contributed by atoms with van der Waals surface area (Å²) < 4.78 is 35.2. The first-order chi connectivity index (χ1) is 5.04. The highest BCUT2D eigenvalue weighted by molar-refractivity contribution is 6.08. The lowest BCUT2D eigenvalue weighted by atomic mass is 10.3. The molecule has 57 valence electrons. The largest absolute Gasteiger partial charge is 0.435 e. The highest BCUT2D eigenvalue weighted by atomic mass is 19.4. The second-order valence-electron chi connectivity index (χ2n) is 1.72. The molecule has 0 bridgehead atoms. The molecule has 0 N–H and O–H groups in total. The summed E-state index contributed by atoms with van der Waals surface area (Å²) in [5.74, 6) is 0. The van der Waals surface area contributed by atoms with E-state index in [0.717, 1.165) is 0 Å². The predicted molar refractivity (Wildman–Crippen MR) is 29.3 cm³/mol. The fraction of sp³-hybridized carbons (Fsp3) is 0.200. The molecule has 1 aliphatic heterocycles. The molecule has 0 fully saturated rings. The number of alkyl halides is 3. The van der Waals surface area contributed by atoms with E-state index in [1.54, 1.807) is 0 Å². The first kappa shape index (κ1) is 7.60. The van der Waals surface area contributed by atoms with Crippen LogP contribution in [-0.4, -0.2) is 11.9 Å². The van der Waals surface area contributed by atoms with E-state index in [-0.39, 0.29) is 5.71 Å². The molecular formula is C5HF3N3. The standard InChI is InChI=1S/C5HF3N3/c6-5(7,8)4-1-3(2-9)10-11-4/h1H. The molecule has 0 aromatic rings. The zero-order valence-electron chi connectivity index (χ0n) is 5.05. The summed E-state index contributed by atoms with van der Waals surface area (Å²) >= 11 is 0. The SMILES string of the molecule is N#CC1=N[N]C(C(F)(F)F)=C1. The minimum atomic E-state index is -4.51. The van der Waals surface area contributed by atoms with Crippen LogP contribution in [0.5, 0.6) is 0 Å². The van der Waals surface area contributed by atoms with Crippen molar-refractivity contribution in [1.82, 2.24) is 5.43 Å². The van der Waals surface area contributed by atoms with Gasteiger partial charge in [-0.25, -0.2) is 0 Å². The Kier molecular flexibility index (Phi) is 1.57. The van der Waals surface area contributed by atoms with E-state index in [9.17, 15) is 13.2 Å². The fourth-order valence-electron chi connectivity index (χ4n) is 0.488. The Morgan fingerprint density at radius 3 is 2.36 bits per heavy atom. The van der Waals surface area contributed by atoms with Crippen molar-refractivity contribution in [3.63, 3.8) is 0 Å². The minimum absolute atomic E-state index is 0.322. The Labute approximate surface area is 59.8 Å². The van der Waals surface area contributed by atoms with Gasteiger partial charge < -0.3 is 0 Å². The summed E-state index contributed by atoms with van der Waals surface area (Å²) in [4.78, 5) is 0. The third-order valence-corrected chi connectivity index (χ3v) is 0.944. The van der Waals surface area contributed by atoms with Crippen LogP contribution in [0.4, 0.5) is 13.2 Å². The van der Waals surface area contributed by atoms with Gasteiger partial charge in [-0.2, -0.15) is 18.4 Å². The van der Waals surface area contributed by atoms with E-state index >= 15 is 0 Å². The van der Waals surface area contributed by atoms with Crippen molar-refractivity contribution in [1.29, 1.82) is 5.26 Å². The van der Waals surface area contributed by atoms with Crippen LogP contribution in [0.1, 0.15) is 0 Å². The molecular weight excluding hydrogens is 159 g/mol. The molecule has 3 nitrogen and oxygen atoms in total. The van der Waals surface area contributed by atoms with Crippen molar-refractivity contribution < 1.29 is 13.2 Å². The smallest absolute Gasteiger partial charge is 0.191 e. The molecule has 11 heavy (non-hydrogen) atoms. The molecule has 0 saturated heterocycles. The van der Waals surface area contributed by atoms with Crippen LogP contribution < -0.4 is 5.43 Å². The van der Waals surface area contributed by atoms with Crippen molar-refractivity contribution in [2.45, 2.75) is 6.18 Å². The zero-order chi connectivity index (χ0) is 8.48. The summed E-state index contributed by atoms with van der Waals surface area (Å²) in [6, 6.07) is 1.45. The molecule has 6 heteroatoms. The first-order valence-corrected chi connectivity index (χ1v) is 2.52. The molecule has 1 rings (SSSR count). The number of hydrogen-bond acceptors (Lipinski definition) is 2. The quantitative estimate of drug-likeness (QED) is 0.520. The van der Waals surface area contributed by atoms with Gasteiger partial charge in [0.1, 0.15) is 6.07 Å². The molecule has 1 aliphatic rings. The Bertz CT molecular complexity index is 268. The van der Waals surface area contributed by atoms with Crippen molar-refractivity contribution >= 4 is 5.71 Å². The van der Waals surface area contributed by atoms with Gasteiger partial charge in [0.05, 0.1) is 0 Å². The van der Waals surface area contributed by atoms with Crippen molar-refractivity contribution in [3.05, 3.63) is 11.8 Å². The predicted octanol–water partition coefficient (Wildman–Crippen LogP) is 0.930. The molecule has 0 aromatic carbocycles. The highest BCUT2D eigenvalue weighted by Crippen LogP contribution is 2.26. The van der Waals surface area contributed by atoms with E-state index in [4.69, 9.17) is 5.26 Å².